The number of unbranched alkanes of at least 4 members (excludes halogenated alkanes) is 1. The van der Waals surface area contributed by atoms with E-state index in [4.69, 9.17) is 5.73 Å². The number of hydrogen-bond acceptors (Lipinski definition) is 3. The Kier molecular flexibility index (Phi) is 3.25. The van der Waals surface area contributed by atoms with Gasteiger partial charge in [-0.05, 0) is 18.6 Å². The van der Waals surface area contributed by atoms with Crippen LogP contribution < -0.4 is 11.1 Å². The maximum absolute atomic E-state index is 5.97. The zero-order chi connectivity index (χ0) is 11.4. The SMILES string of the molecule is CCCCNc1c(N)ccc2cccnc12. The van der Waals surface area contributed by atoms with Crippen molar-refractivity contribution in [3.8, 4) is 0 Å². The lowest BCUT2D eigenvalue weighted by Gasteiger charge is -2.11. The standard InChI is InChI=1S/C13H17N3/c1-2-3-8-16-13-11(14)7-6-10-5-4-9-15-12(10)13/h4-7,9,16H,2-3,8,14H2,1H3. The zero-order valence-electron chi connectivity index (χ0n) is 9.53. The highest BCUT2D eigenvalue weighted by atomic mass is 14.9. The molecule has 3 heteroatoms. The molecule has 0 atom stereocenters. The van der Waals surface area contributed by atoms with Gasteiger partial charge in [-0.1, -0.05) is 25.5 Å². The smallest absolute Gasteiger partial charge is 0.0954 e. The summed E-state index contributed by atoms with van der Waals surface area (Å²) in [6, 6.07) is 7.92. The molecule has 0 radical (unpaired) electrons. The topological polar surface area (TPSA) is 50.9 Å². The summed E-state index contributed by atoms with van der Waals surface area (Å²) in [6.07, 6.45) is 4.11. The Morgan fingerprint density at radius 3 is 3.00 bits per heavy atom. The average molecular weight is 215 g/mol. The normalized spacial score (nSPS) is 10.6. The molecule has 0 saturated carbocycles. The Morgan fingerprint density at radius 2 is 2.19 bits per heavy atom. The Labute approximate surface area is 95.7 Å². The van der Waals surface area contributed by atoms with Gasteiger partial charge in [-0.25, -0.2) is 0 Å². The Morgan fingerprint density at radius 1 is 1.31 bits per heavy atom. The quantitative estimate of drug-likeness (QED) is 0.609. The van der Waals surface area contributed by atoms with Crippen LogP contribution in [0.4, 0.5) is 11.4 Å². The highest BCUT2D eigenvalue weighted by molar-refractivity contribution is 5.96. The summed E-state index contributed by atoms with van der Waals surface area (Å²) in [5.41, 5.74) is 8.65. The lowest BCUT2D eigenvalue weighted by molar-refractivity contribution is 0.835. The first kappa shape index (κ1) is 10.7. The number of nitrogens with zero attached hydrogens (tertiary/aromatic N) is 1. The summed E-state index contributed by atoms with van der Waals surface area (Å²) >= 11 is 0. The van der Waals surface area contributed by atoms with Crippen molar-refractivity contribution in [2.45, 2.75) is 19.8 Å². The van der Waals surface area contributed by atoms with Gasteiger partial charge >= 0.3 is 0 Å². The van der Waals surface area contributed by atoms with Crippen LogP contribution in [-0.2, 0) is 0 Å². The van der Waals surface area contributed by atoms with E-state index in [0.29, 0.717) is 0 Å². The lowest BCUT2D eigenvalue weighted by Crippen LogP contribution is -2.05. The molecule has 0 aliphatic heterocycles. The molecular formula is C13H17N3. The molecule has 3 nitrogen and oxygen atoms in total. The molecule has 0 fully saturated rings. The van der Waals surface area contributed by atoms with Gasteiger partial charge in [-0.2, -0.15) is 0 Å². The van der Waals surface area contributed by atoms with Crippen LogP contribution in [0.1, 0.15) is 19.8 Å². The molecule has 2 rings (SSSR count). The number of nitrogens with one attached hydrogen (secondary N) is 1. The summed E-state index contributed by atoms with van der Waals surface area (Å²) in [7, 11) is 0. The highest BCUT2D eigenvalue weighted by Gasteiger charge is 2.04. The summed E-state index contributed by atoms with van der Waals surface area (Å²) in [6.45, 7) is 3.11. The molecule has 0 unspecified atom stereocenters. The highest BCUT2D eigenvalue weighted by Crippen LogP contribution is 2.27. The fourth-order valence-electron chi connectivity index (χ4n) is 1.74. The van der Waals surface area contributed by atoms with Gasteiger partial charge in [0.05, 0.1) is 16.9 Å². The van der Waals surface area contributed by atoms with Crippen LogP contribution in [0, 0.1) is 0 Å². The van der Waals surface area contributed by atoms with Crippen LogP contribution in [0.3, 0.4) is 0 Å². The van der Waals surface area contributed by atoms with E-state index >= 15 is 0 Å². The number of pyridine rings is 1. The fourth-order valence-corrected chi connectivity index (χ4v) is 1.74. The van der Waals surface area contributed by atoms with Gasteiger partial charge in [0.25, 0.3) is 0 Å². The number of fused-ring (bicyclic) bond motifs is 1. The van der Waals surface area contributed by atoms with Crippen LogP contribution in [0.2, 0.25) is 0 Å². The van der Waals surface area contributed by atoms with E-state index in [9.17, 15) is 0 Å². The second-order valence-electron chi connectivity index (χ2n) is 3.89. The zero-order valence-corrected chi connectivity index (χ0v) is 9.53. The molecule has 0 aliphatic carbocycles. The molecule has 0 spiro atoms. The van der Waals surface area contributed by atoms with E-state index in [1.54, 1.807) is 6.20 Å². The number of benzene rings is 1. The lowest BCUT2D eigenvalue weighted by atomic mass is 10.1. The Hall–Kier alpha value is -1.77. The molecular weight excluding hydrogens is 198 g/mol. The van der Waals surface area contributed by atoms with E-state index in [-0.39, 0.29) is 0 Å². The largest absolute Gasteiger partial charge is 0.397 e. The van der Waals surface area contributed by atoms with Crippen LogP contribution in [0.15, 0.2) is 30.5 Å². The third-order valence-corrected chi connectivity index (χ3v) is 2.64. The predicted octanol–water partition coefficient (Wildman–Crippen LogP) is 3.03. The molecule has 0 saturated heterocycles. The molecule has 0 bridgehead atoms. The molecule has 1 aromatic heterocycles. The first-order valence-corrected chi connectivity index (χ1v) is 5.70. The number of anilines is 2. The first-order valence-electron chi connectivity index (χ1n) is 5.70. The maximum Gasteiger partial charge on any atom is 0.0954 e. The molecule has 1 aromatic carbocycles. The van der Waals surface area contributed by atoms with E-state index in [2.05, 4.69) is 17.2 Å². The van der Waals surface area contributed by atoms with Crippen molar-refractivity contribution >= 4 is 22.3 Å². The molecule has 16 heavy (non-hydrogen) atoms. The number of aromatic nitrogens is 1. The Bertz CT molecular complexity index is 480. The van der Waals surface area contributed by atoms with Gasteiger partial charge in [0.2, 0.25) is 0 Å². The molecule has 0 amide bonds. The molecule has 2 aromatic rings. The van der Waals surface area contributed by atoms with Gasteiger partial charge in [0, 0.05) is 18.1 Å². The second-order valence-corrected chi connectivity index (χ2v) is 3.89. The van der Waals surface area contributed by atoms with Gasteiger partial charge in [0.1, 0.15) is 0 Å². The number of rotatable bonds is 4. The van der Waals surface area contributed by atoms with Gasteiger partial charge in [-0.3, -0.25) is 4.98 Å². The number of hydrogen-bond donors (Lipinski definition) is 2. The molecule has 3 N–H and O–H groups in total. The summed E-state index contributed by atoms with van der Waals surface area (Å²) in [5.74, 6) is 0. The van der Waals surface area contributed by atoms with Crippen LogP contribution in [0.5, 0.6) is 0 Å². The van der Waals surface area contributed by atoms with Crippen molar-refractivity contribution in [2.24, 2.45) is 0 Å². The van der Waals surface area contributed by atoms with Gasteiger partial charge < -0.3 is 11.1 Å². The van der Waals surface area contributed by atoms with Crippen molar-refractivity contribution in [2.75, 3.05) is 17.6 Å². The Balaban J connectivity index is 2.37. The van der Waals surface area contributed by atoms with E-state index in [1.807, 2.05) is 24.3 Å². The number of nitrogen functional groups attached to an aromatic ring is 1. The van der Waals surface area contributed by atoms with Crippen molar-refractivity contribution in [3.05, 3.63) is 30.5 Å². The third kappa shape index (κ3) is 2.08. The summed E-state index contributed by atoms with van der Waals surface area (Å²) < 4.78 is 0. The summed E-state index contributed by atoms with van der Waals surface area (Å²) in [5, 5.41) is 4.49. The second kappa shape index (κ2) is 4.84. The van der Waals surface area contributed by atoms with Gasteiger partial charge in [-0.15, -0.1) is 0 Å². The predicted molar refractivity (Wildman–Crippen MR) is 69.6 cm³/mol. The van der Waals surface area contributed by atoms with Crippen LogP contribution in [0.25, 0.3) is 10.9 Å². The molecule has 0 aliphatic rings. The monoisotopic (exact) mass is 215 g/mol. The first-order chi connectivity index (χ1) is 7.83. The van der Waals surface area contributed by atoms with E-state index in [0.717, 1.165) is 35.2 Å². The summed E-state index contributed by atoms with van der Waals surface area (Å²) in [4.78, 5) is 4.38. The average Bonchev–Trinajstić information content (AvgIpc) is 2.32. The molecule has 84 valence electrons. The van der Waals surface area contributed by atoms with Crippen LogP contribution in [-0.4, -0.2) is 11.5 Å². The van der Waals surface area contributed by atoms with Gasteiger partial charge in [0.15, 0.2) is 0 Å². The minimum atomic E-state index is 0.766. The van der Waals surface area contributed by atoms with Crippen LogP contribution >= 0.6 is 0 Å². The molecule has 1 heterocycles. The fraction of sp³-hybridized carbons (Fsp3) is 0.308. The van der Waals surface area contributed by atoms with Crippen molar-refractivity contribution in [3.63, 3.8) is 0 Å². The third-order valence-electron chi connectivity index (χ3n) is 2.64. The van der Waals surface area contributed by atoms with Crippen molar-refractivity contribution in [1.29, 1.82) is 0 Å². The van der Waals surface area contributed by atoms with E-state index < -0.39 is 0 Å². The minimum Gasteiger partial charge on any atom is -0.397 e. The van der Waals surface area contributed by atoms with E-state index in [1.165, 1.54) is 6.42 Å². The number of nitrogens with two attached hydrogens (primary N) is 1. The maximum atomic E-state index is 5.97. The van der Waals surface area contributed by atoms with Crippen molar-refractivity contribution < 1.29 is 0 Å². The van der Waals surface area contributed by atoms with Crippen molar-refractivity contribution in [1.82, 2.24) is 4.98 Å². The minimum absolute atomic E-state index is 0.766.